The SMILES string of the molecule is COc1cc(-c2c[nH]c3ncc(-c4cc(C=CC(N)=O)cc(C(F)(F)F)c4)cc23)ccn1. The van der Waals surface area contributed by atoms with E-state index in [2.05, 4.69) is 15.0 Å². The summed E-state index contributed by atoms with van der Waals surface area (Å²) in [5, 5.41) is 0.724. The smallest absolute Gasteiger partial charge is 0.416 e. The molecule has 3 aromatic heterocycles. The zero-order valence-corrected chi connectivity index (χ0v) is 16.8. The lowest BCUT2D eigenvalue weighted by Crippen LogP contribution is -2.06. The van der Waals surface area contributed by atoms with Gasteiger partial charge in [-0.3, -0.25) is 4.79 Å². The topological polar surface area (TPSA) is 93.9 Å². The van der Waals surface area contributed by atoms with Crippen LogP contribution in [-0.4, -0.2) is 28.0 Å². The number of benzene rings is 1. The molecule has 162 valence electrons. The van der Waals surface area contributed by atoms with Crippen LogP contribution in [0.3, 0.4) is 0 Å². The zero-order valence-electron chi connectivity index (χ0n) is 16.8. The Morgan fingerprint density at radius 1 is 1.09 bits per heavy atom. The Morgan fingerprint density at radius 2 is 1.91 bits per heavy atom. The van der Waals surface area contributed by atoms with Crippen LogP contribution in [0.25, 0.3) is 39.4 Å². The van der Waals surface area contributed by atoms with E-state index in [1.807, 2.05) is 0 Å². The number of nitrogens with two attached hydrogens (primary N) is 1. The minimum Gasteiger partial charge on any atom is -0.481 e. The lowest BCUT2D eigenvalue weighted by molar-refractivity contribution is -0.137. The number of methoxy groups -OCH3 is 1. The average Bonchev–Trinajstić information content (AvgIpc) is 3.20. The van der Waals surface area contributed by atoms with Crippen LogP contribution < -0.4 is 10.5 Å². The molecule has 0 saturated carbocycles. The first-order valence-electron chi connectivity index (χ1n) is 9.42. The molecule has 0 aliphatic rings. The number of halogens is 3. The summed E-state index contributed by atoms with van der Waals surface area (Å²) in [5.74, 6) is -0.318. The third kappa shape index (κ3) is 4.31. The van der Waals surface area contributed by atoms with Gasteiger partial charge in [-0.05, 0) is 53.1 Å². The van der Waals surface area contributed by atoms with Gasteiger partial charge in [-0.2, -0.15) is 13.2 Å². The number of fused-ring (bicyclic) bond motifs is 1. The van der Waals surface area contributed by atoms with Gasteiger partial charge in [-0.1, -0.05) is 0 Å². The molecule has 4 aromatic rings. The number of aromatic amines is 1. The van der Waals surface area contributed by atoms with Crippen LogP contribution in [0.4, 0.5) is 13.2 Å². The maximum absolute atomic E-state index is 13.5. The van der Waals surface area contributed by atoms with Crippen LogP contribution in [0.2, 0.25) is 0 Å². The lowest BCUT2D eigenvalue weighted by Gasteiger charge is -2.11. The molecular weight excluding hydrogens is 421 g/mol. The number of nitrogens with zero attached hydrogens (tertiary/aromatic N) is 2. The predicted octanol–water partition coefficient (Wildman–Crippen LogP) is 4.82. The number of ether oxygens (including phenoxy) is 1. The van der Waals surface area contributed by atoms with E-state index in [-0.39, 0.29) is 5.56 Å². The van der Waals surface area contributed by atoms with Gasteiger partial charge in [0.2, 0.25) is 11.8 Å². The van der Waals surface area contributed by atoms with Gasteiger partial charge in [0.05, 0.1) is 12.7 Å². The Morgan fingerprint density at radius 3 is 2.62 bits per heavy atom. The summed E-state index contributed by atoms with van der Waals surface area (Å²) < 4.78 is 45.6. The quantitative estimate of drug-likeness (QED) is 0.437. The van der Waals surface area contributed by atoms with Crippen molar-refractivity contribution in [2.45, 2.75) is 6.18 Å². The molecule has 0 bridgehead atoms. The van der Waals surface area contributed by atoms with Crippen molar-refractivity contribution >= 4 is 23.0 Å². The van der Waals surface area contributed by atoms with E-state index in [1.54, 1.807) is 36.7 Å². The summed E-state index contributed by atoms with van der Waals surface area (Å²) in [6, 6.07) is 8.87. The molecule has 0 atom stereocenters. The number of H-pyrrole nitrogens is 1. The molecule has 1 amide bonds. The van der Waals surface area contributed by atoms with Crippen LogP contribution in [0.15, 0.2) is 61.1 Å². The Kier molecular flexibility index (Phi) is 5.40. The van der Waals surface area contributed by atoms with E-state index in [0.717, 1.165) is 34.7 Å². The van der Waals surface area contributed by atoms with Gasteiger partial charge in [0.25, 0.3) is 0 Å². The fourth-order valence-electron chi connectivity index (χ4n) is 3.35. The Balaban J connectivity index is 1.86. The average molecular weight is 438 g/mol. The largest absolute Gasteiger partial charge is 0.481 e. The van der Waals surface area contributed by atoms with Gasteiger partial charge in [-0.25, -0.2) is 9.97 Å². The number of primary amides is 1. The van der Waals surface area contributed by atoms with Crippen LogP contribution in [0.5, 0.6) is 5.88 Å². The second-order valence-corrected chi connectivity index (χ2v) is 6.99. The maximum Gasteiger partial charge on any atom is 0.416 e. The summed E-state index contributed by atoms with van der Waals surface area (Å²) >= 11 is 0. The van der Waals surface area contributed by atoms with Gasteiger partial charge in [0, 0.05) is 47.2 Å². The fourth-order valence-corrected chi connectivity index (χ4v) is 3.35. The van der Waals surface area contributed by atoms with Crippen molar-refractivity contribution in [1.82, 2.24) is 15.0 Å². The minimum atomic E-state index is -4.56. The Labute approximate surface area is 180 Å². The van der Waals surface area contributed by atoms with Gasteiger partial charge in [0.1, 0.15) is 5.65 Å². The molecule has 6 nitrogen and oxygen atoms in total. The van der Waals surface area contributed by atoms with Crippen LogP contribution in [0, 0.1) is 0 Å². The highest BCUT2D eigenvalue weighted by atomic mass is 19.4. The first-order valence-corrected chi connectivity index (χ1v) is 9.42. The van der Waals surface area contributed by atoms with E-state index in [1.165, 1.54) is 19.4 Å². The molecule has 0 radical (unpaired) electrons. The van der Waals surface area contributed by atoms with Crippen molar-refractivity contribution in [3.63, 3.8) is 0 Å². The number of aromatic nitrogens is 3. The van der Waals surface area contributed by atoms with E-state index in [4.69, 9.17) is 10.5 Å². The number of carbonyl (C=O) groups is 1. The first-order chi connectivity index (χ1) is 15.2. The lowest BCUT2D eigenvalue weighted by atomic mass is 9.98. The van der Waals surface area contributed by atoms with Crippen molar-refractivity contribution in [3.05, 3.63) is 72.2 Å². The summed E-state index contributed by atoms with van der Waals surface area (Å²) in [6.45, 7) is 0. The third-order valence-electron chi connectivity index (χ3n) is 4.84. The first kappa shape index (κ1) is 21.1. The normalized spacial score (nSPS) is 11.9. The number of nitrogens with one attached hydrogen (secondary N) is 1. The van der Waals surface area contributed by atoms with Crippen molar-refractivity contribution in [2.24, 2.45) is 5.73 Å². The minimum absolute atomic E-state index is 0.196. The maximum atomic E-state index is 13.5. The van der Waals surface area contributed by atoms with Crippen molar-refractivity contribution in [2.75, 3.05) is 7.11 Å². The van der Waals surface area contributed by atoms with Crippen LogP contribution >= 0.6 is 0 Å². The standard InChI is InChI=1S/C23H17F3N4O2/c1-32-21-10-14(4-5-28-21)19-12-30-22-18(19)9-16(11-29-22)15-6-13(2-3-20(27)31)7-17(8-15)23(24,25)26/h2-12H,1H3,(H2,27,31)(H,29,30). The van der Waals surface area contributed by atoms with Crippen molar-refractivity contribution in [3.8, 4) is 28.1 Å². The molecule has 9 heteroatoms. The second-order valence-electron chi connectivity index (χ2n) is 6.99. The number of amides is 1. The molecule has 0 aliphatic heterocycles. The predicted molar refractivity (Wildman–Crippen MR) is 115 cm³/mol. The Hall–Kier alpha value is -4.14. The zero-order chi connectivity index (χ0) is 22.9. The molecular formula is C23H17F3N4O2. The number of pyridine rings is 2. The summed E-state index contributed by atoms with van der Waals surface area (Å²) in [6.07, 6.45) is 2.57. The van der Waals surface area contributed by atoms with Gasteiger partial charge in [-0.15, -0.1) is 0 Å². The number of alkyl halides is 3. The van der Waals surface area contributed by atoms with Gasteiger partial charge in [0.15, 0.2) is 0 Å². The number of hydrogen-bond acceptors (Lipinski definition) is 4. The molecule has 0 spiro atoms. The number of hydrogen-bond donors (Lipinski definition) is 2. The molecule has 3 N–H and O–H groups in total. The number of carbonyl (C=O) groups excluding carboxylic acids is 1. The van der Waals surface area contributed by atoms with Gasteiger partial charge < -0.3 is 15.5 Å². The van der Waals surface area contributed by atoms with E-state index in [9.17, 15) is 18.0 Å². The molecule has 0 saturated heterocycles. The van der Waals surface area contributed by atoms with E-state index >= 15 is 0 Å². The molecule has 32 heavy (non-hydrogen) atoms. The fraction of sp³-hybridized carbons (Fsp3) is 0.0870. The monoisotopic (exact) mass is 438 g/mol. The van der Waals surface area contributed by atoms with Crippen molar-refractivity contribution < 1.29 is 22.7 Å². The summed E-state index contributed by atoms with van der Waals surface area (Å²) in [5.41, 5.74) is 7.43. The third-order valence-corrected chi connectivity index (χ3v) is 4.84. The van der Waals surface area contributed by atoms with Crippen molar-refractivity contribution in [1.29, 1.82) is 0 Å². The summed E-state index contributed by atoms with van der Waals surface area (Å²) in [7, 11) is 1.51. The molecule has 0 unspecified atom stereocenters. The second kappa shape index (κ2) is 8.18. The Bertz CT molecular complexity index is 1340. The highest BCUT2D eigenvalue weighted by molar-refractivity contribution is 5.96. The van der Waals surface area contributed by atoms with Crippen LogP contribution in [-0.2, 0) is 11.0 Å². The van der Waals surface area contributed by atoms with E-state index < -0.39 is 17.6 Å². The molecule has 0 aliphatic carbocycles. The molecule has 0 fully saturated rings. The van der Waals surface area contributed by atoms with Crippen LogP contribution in [0.1, 0.15) is 11.1 Å². The van der Waals surface area contributed by atoms with E-state index in [0.29, 0.717) is 22.7 Å². The highest BCUT2D eigenvalue weighted by Gasteiger charge is 2.31. The molecule has 4 rings (SSSR count). The van der Waals surface area contributed by atoms with Gasteiger partial charge >= 0.3 is 6.18 Å². The molecule has 3 heterocycles. The number of rotatable bonds is 5. The summed E-state index contributed by atoms with van der Waals surface area (Å²) in [4.78, 5) is 22.6. The highest BCUT2D eigenvalue weighted by Crippen LogP contribution is 2.36. The molecule has 1 aromatic carbocycles.